The summed E-state index contributed by atoms with van der Waals surface area (Å²) in [6, 6.07) is 14.7. The van der Waals surface area contributed by atoms with E-state index >= 15 is 0 Å². The van der Waals surface area contributed by atoms with Gasteiger partial charge in [0.15, 0.2) is 0 Å². The number of ether oxygens (including phenoxy) is 1. The minimum atomic E-state index is -3.76. The third-order valence-corrected chi connectivity index (χ3v) is 7.94. The van der Waals surface area contributed by atoms with E-state index in [0.29, 0.717) is 23.3 Å². The number of hydrogen-bond acceptors (Lipinski definition) is 6. The van der Waals surface area contributed by atoms with Crippen LogP contribution in [0.2, 0.25) is 5.02 Å². The van der Waals surface area contributed by atoms with Crippen LogP contribution in [0.25, 0.3) is 10.9 Å². The molecule has 1 aliphatic rings. The van der Waals surface area contributed by atoms with Gasteiger partial charge in [0.05, 0.1) is 17.7 Å². The van der Waals surface area contributed by atoms with E-state index in [1.165, 1.54) is 5.56 Å². The molecule has 0 amide bonds. The van der Waals surface area contributed by atoms with Gasteiger partial charge in [-0.2, -0.15) is 4.72 Å². The lowest BCUT2D eigenvalue weighted by Gasteiger charge is -2.28. The first-order valence-electron chi connectivity index (χ1n) is 11.6. The lowest BCUT2D eigenvalue weighted by molar-refractivity contribution is 0.198. The molecule has 1 saturated heterocycles. The van der Waals surface area contributed by atoms with Gasteiger partial charge in [-0.15, -0.1) is 0 Å². The number of nitrogens with zero attached hydrogens (tertiary/aromatic N) is 3. The number of hydrogen-bond donors (Lipinski definition) is 1. The number of rotatable bonds is 8. The predicted molar refractivity (Wildman–Crippen MR) is 136 cm³/mol. The number of fused-ring (bicyclic) bond motifs is 1. The van der Waals surface area contributed by atoms with Crippen molar-refractivity contribution in [3.63, 3.8) is 0 Å². The summed E-state index contributed by atoms with van der Waals surface area (Å²) in [4.78, 5) is 9.16. The van der Waals surface area contributed by atoms with E-state index in [9.17, 15) is 8.42 Å². The highest BCUT2D eigenvalue weighted by molar-refractivity contribution is 7.89. The average Bonchev–Trinajstić information content (AvgIpc) is 3.06. The molecule has 9 heteroatoms. The molecule has 1 atom stereocenters. The third-order valence-electron chi connectivity index (χ3n) is 6.10. The molecule has 2 aromatic carbocycles. The van der Waals surface area contributed by atoms with Gasteiger partial charge < -0.3 is 4.74 Å². The zero-order chi connectivity index (χ0) is 24.1. The highest BCUT2D eigenvalue weighted by atomic mass is 35.5. The lowest BCUT2D eigenvalue weighted by Crippen LogP contribution is -2.47. The van der Waals surface area contributed by atoms with Crippen molar-refractivity contribution >= 4 is 32.5 Å². The second-order valence-corrected chi connectivity index (χ2v) is 10.6. The molecule has 1 unspecified atom stereocenters. The summed E-state index contributed by atoms with van der Waals surface area (Å²) in [5, 5.41) is 1.29. The van der Waals surface area contributed by atoms with Gasteiger partial charge in [0, 0.05) is 42.8 Å². The van der Waals surface area contributed by atoms with Gasteiger partial charge in [0.25, 0.3) is 0 Å². The van der Waals surface area contributed by atoms with Gasteiger partial charge in [-0.25, -0.2) is 8.42 Å². The van der Waals surface area contributed by atoms with Crippen molar-refractivity contribution in [2.45, 2.75) is 37.9 Å². The Morgan fingerprint density at radius 1 is 1.09 bits per heavy atom. The molecule has 34 heavy (non-hydrogen) atoms. The number of sulfonamides is 1. The van der Waals surface area contributed by atoms with Crippen LogP contribution in [0.1, 0.15) is 25.8 Å². The maximum atomic E-state index is 13.4. The van der Waals surface area contributed by atoms with Crippen LogP contribution in [0.4, 0.5) is 0 Å². The first kappa shape index (κ1) is 24.9. The topological polar surface area (TPSA) is 74.8 Å². The fraction of sp³-hybridized carbons (Fsp3) is 0.400. The molecule has 7 nitrogen and oxygen atoms in total. The van der Waals surface area contributed by atoms with Crippen LogP contribution in [0.15, 0.2) is 59.6 Å². The molecule has 0 spiro atoms. The molecule has 1 aliphatic heterocycles. The van der Waals surface area contributed by atoms with Crippen molar-refractivity contribution in [1.29, 1.82) is 0 Å². The highest BCUT2D eigenvalue weighted by Crippen LogP contribution is 2.29. The molecule has 0 bridgehead atoms. The predicted octanol–water partition coefficient (Wildman–Crippen LogP) is 4.12. The molecular weight excluding hydrogens is 472 g/mol. The maximum absolute atomic E-state index is 13.4. The Morgan fingerprint density at radius 2 is 1.88 bits per heavy atom. The fourth-order valence-corrected chi connectivity index (χ4v) is 5.93. The minimum absolute atomic E-state index is 0.213. The van der Waals surface area contributed by atoms with Crippen molar-refractivity contribution in [3.05, 3.63) is 65.3 Å². The Labute approximate surface area is 206 Å². The number of nitrogens with one attached hydrogen (secondary N) is 1. The second kappa shape index (κ2) is 11.0. The Morgan fingerprint density at radius 3 is 2.65 bits per heavy atom. The zero-order valence-electron chi connectivity index (χ0n) is 19.6. The van der Waals surface area contributed by atoms with E-state index in [4.69, 9.17) is 16.3 Å². The monoisotopic (exact) mass is 502 g/mol. The number of pyridine rings is 1. The second-order valence-electron chi connectivity index (χ2n) is 8.48. The Hall–Kier alpha value is -2.23. The molecule has 0 saturated carbocycles. The van der Waals surface area contributed by atoms with Gasteiger partial charge in [0.1, 0.15) is 11.3 Å². The van der Waals surface area contributed by atoms with Crippen molar-refractivity contribution in [3.8, 4) is 5.75 Å². The van der Waals surface area contributed by atoms with E-state index in [-0.39, 0.29) is 11.1 Å². The molecule has 4 rings (SSSR count). The number of halogens is 1. The van der Waals surface area contributed by atoms with Crippen molar-refractivity contribution in [2.75, 3.05) is 32.8 Å². The summed E-state index contributed by atoms with van der Waals surface area (Å²) >= 11 is 6.00. The van der Waals surface area contributed by atoms with Gasteiger partial charge in [-0.3, -0.25) is 14.8 Å². The van der Waals surface area contributed by atoms with E-state index in [1.54, 1.807) is 30.5 Å². The summed E-state index contributed by atoms with van der Waals surface area (Å²) in [5.41, 5.74) is 1.77. The summed E-state index contributed by atoms with van der Waals surface area (Å²) < 4.78 is 35.2. The largest absolute Gasteiger partial charge is 0.492 e. The van der Waals surface area contributed by atoms with E-state index in [0.717, 1.165) is 44.2 Å². The molecule has 3 aromatic rings. The fourth-order valence-electron chi connectivity index (χ4n) is 4.37. The lowest BCUT2D eigenvalue weighted by atomic mass is 10.2. The van der Waals surface area contributed by atoms with Crippen molar-refractivity contribution < 1.29 is 13.2 Å². The third kappa shape index (κ3) is 5.87. The van der Waals surface area contributed by atoms with E-state index in [1.807, 2.05) is 26.0 Å². The maximum Gasteiger partial charge on any atom is 0.242 e. The average molecular weight is 503 g/mol. The summed E-state index contributed by atoms with van der Waals surface area (Å²) in [7, 11) is -3.76. The molecule has 1 fully saturated rings. The number of benzene rings is 2. The van der Waals surface area contributed by atoms with Gasteiger partial charge in [-0.1, -0.05) is 23.7 Å². The first-order valence-corrected chi connectivity index (χ1v) is 13.5. The van der Waals surface area contributed by atoms with Crippen LogP contribution in [0.5, 0.6) is 5.75 Å². The SMILES string of the molecule is CCOc1ccc(S(=O)(=O)NC(C)N2CCCN(Cc3ccc(Cl)cc3)CC2)c2cccnc12. The zero-order valence-corrected chi connectivity index (χ0v) is 21.1. The summed E-state index contributed by atoms with van der Waals surface area (Å²) in [5.74, 6) is 0.582. The van der Waals surface area contributed by atoms with E-state index < -0.39 is 10.0 Å². The molecular formula is C25H31ClN4O3S. The van der Waals surface area contributed by atoms with Crippen LogP contribution in [-0.4, -0.2) is 62.2 Å². The molecule has 0 radical (unpaired) electrons. The quantitative estimate of drug-likeness (QED) is 0.499. The molecule has 2 heterocycles. The minimum Gasteiger partial charge on any atom is -0.492 e. The van der Waals surface area contributed by atoms with Crippen LogP contribution in [0.3, 0.4) is 0 Å². The van der Waals surface area contributed by atoms with Gasteiger partial charge in [0.2, 0.25) is 10.0 Å². The first-order chi connectivity index (χ1) is 16.4. The normalized spacial score (nSPS) is 16.9. The Bertz CT molecular complexity index is 1220. The van der Waals surface area contributed by atoms with Crippen LogP contribution < -0.4 is 9.46 Å². The van der Waals surface area contributed by atoms with Crippen molar-refractivity contribution in [1.82, 2.24) is 19.5 Å². The molecule has 1 aromatic heterocycles. The smallest absolute Gasteiger partial charge is 0.242 e. The Balaban J connectivity index is 1.44. The van der Waals surface area contributed by atoms with E-state index in [2.05, 4.69) is 31.6 Å². The Kier molecular flexibility index (Phi) is 8.06. The molecule has 0 aliphatic carbocycles. The number of aromatic nitrogens is 1. The van der Waals surface area contributed by atoms with Crippen molar-refractivity contribution in [2.24, 2.45) is 0 Å². The van der Waals surface area contributed by atoms with Crippen LogP contribution in [-0.2, 0) is 16.6 Å². The summed E-state index contributed by atoms with van der Waals surface area (Å²) in [6.45, 7) is 8.57. The highest BCUT2D eigenvalue weighted by Gasteiger charge is 2.26. The van der Waals surface area contributed by atoms with Crippen LogP contribution >= 0.6 is 11.6 Å². The van der Waals surface area contributed by atoms with Crippen LogP contribution in [0, 0.1) is 0 Å². The molecule has 1 N–H and O–H groups in total. The molecule has 182 valence electrons. The summed E-state index contributed by atoms with van der Waals surface area (Å²) in [6.07, 6.45) is 2.28. The van der Waals surface area contributed by atoms with Gasteiger partial charge in [-0.05, 0) is 68.8 Å². The van der Waals surface area contributed by atoms with Gasteiger partial charge >= 0.3 is 0 Å². The standard InChI is InChI=1S/C25H31ClN4O3S/c1-3-33-23-11-12-24(22-6-4-13-27-25(22)23)34(31,32)28-19(2)30-15-5-14-29(16-17-30)18-20-7-9-21(26)10-8-20/h4,6-13,19,28H,3,5,14-18H2,1-2H3.